The third-order valence-electron chi connectivity index (χ3n) is 7.49. The first-order valence-corrected chi connectivity index (χ1v) is 14.4. The Morgan fingerprint density at radius 3 is 2.23 bits per heavy atom. The molecule has 0 saturated carbocycles. The molecule has 2 aromatic carbocycles. The Balaban J connectivity index is 1.85. The molecule has 2 heterocycles. The predicted octanol–water partition coefficient (Wildman–Crippen LogP) is 3.70. The van der Waals surface area contributed by atoms with Gasteiger partial charge >= 0.3 is 0 Å². The third kappa shape index (κ3) is 7.57. The van der Waals surface area contributed by atoms with Crippen LogP contribution in [-0.4, -0.2) is 48.6 Å². The highest BCUT2D eigenvalue weighted by molar-refractivity contribution is 6.05. The number of aromatic nitrogens is 3. The zero-order valence-corrected chi connectivity index (χ0v) is 24.9. The van der Waals surface area contributed by atoms with Gasteiger partial charge in [-0.2, -0.15) is 5.10 Å². The lowest BCUT2D eigenvalue weighted by atomic mass is 9.92. The fourth-order valence-corrected chi connectivity index (χ4v) is 5.48. The number of aliphatic hydroxyl groups is 2. The Labute approximate surface area is 250 Å². The van der Waals surface area contributed by atoms with Crippen LogP contribution in [0.2, 0.25) is 0 Å². The third-order valence-corrected chi connectivity index (χ3v) is 7.49. The molecule has 2 aromatic heterocycles. The number of carbonyl (C=O) groups excluding carboxylic acids is 2. The highest BCUT2D eigenvalue weighted by Crippen LogP contribution is 2.42. The molecular formula is C33H38FN4O5-. The summed E-state index contributed by atoms with van der Waals surface area (Å²) >= 11 is 0. The van der Waals surface area contributed by atoms with Crippen molar-refractivity contribution in [3.05, 3.63) is 89.3 Å². The van der Waals surface area contributed by atoms with E-state index in [1.165, 1.54) is 12.1 Å². The van der Waals surface area contributed by atoms with E-state index in [1.54, 1.807) is 16.8 Å². The van der Waals surface area contributed by atoms with Gasteiger partial charge in [-0.25, -0.2) is 4.39 Å². The van der Waals surface area contributed by atoms with Gasteiger partial charge in [-0.3, -0.25) is 9.48 Å². The number of nitrogens with zero attached hydrogens (tertiary/aromatic N) is 3. The number of carbonyl (C=O) groups is 2. The first-order chi connectivity index (χ1) is 20.5. The number of hydrogen-bond donors (Lipinski definition) is 3. The summed E-state index contributed by atoms with van der Waals surface area (Å²) in [6.07, 6.45) is -2.46. The van der Waals surface area contributed by atoms with Crippen molar-refractivity contribution >= 4 is 11.9 Å². The van der Waals surface area contributed by atoms with Gasteiger partial charge in [0.25, 0.3) is 5.91 Å². The largest absolute Gasteiger partial charge is 0.550 e. The zero-order valence-electron chi connectivity index (χ0n) is 24.9. The Hall–Kier alpha value is -4.28. The summed E-state index contributed by atoms with van der Waals surface area (Å²) in [6.45, 7) is 6.08. The van der Waals surface area contributed by atoms with Crippen LogP contribution in [0.4, 0.5) is 4.39 Å². The fraction of sp³-hybridized carbons (Fsp3) is 0.364. The van der Waals surface area contributed by atoms with E-state index in [-0.39, 0.29) is 31.3 Å². The number of rotatable bonds is 13. The lowest BCUT2D eigenvalue weighted by molar-refractivity contribution is -0.307. The number of aliphatic hydroxyl groups excluding tert-OH is 2. The molecular weight excluding hydrogens is 551 g/mol. The van der Waals surface area contributed by atoms with Gasteiger partial charge in [-0.15, -0.1) is 0 Å². The molecule has 4 aromatic rings. The van der Waals surface area contributed by atoms with Crippen LogP contribution in [-0.2, 0) is 24.8 Å². The molecule has 10 heteroatoms. The number of halogens is 1. The quantitative estimate of drug-likeness (QED) is 0.218. The van der Waals surface area contributed by atoms with Crippen molar-refractivity contribution in [2.24, 2.45) is 7.05 Å². The molecule has 9 nitrogen and oxygen atoms in total. The highest BCUT2D eigenvalue weighted by Gasteiger charge is 2.30. The monoisotopic (exact) mass is 589 g/mol. The predicted molar refractivity (Wildman–Crippen MR) is 159 cm³/mol. The number of hydrogen-bond acceptors (Lipinski definition) is 6. The molecule has 3 N–H and O–H groups in total. The molecule has 0 fully saturated rings. The van der Waals surface area contributed by atoms with E-state index in [1.807, 2.05) is 68.8 Å². The van der Waals surface area contributed by atoms with Gasteiger partial charge in [0.2, 0.25) is 0 Å². The molecule has 0 aliphatic carbocycles. The lowest BCUT2D eigenvalue weighted by Crippen LogP contribution is -2.29. The number of aliphatic carboxylic acids is 1. The lowest BCUT2D eigenvalue weighted by Gasteiger charge is -2.20. The van der Waals surface area contributed by atoms with Gasteiger partial charge in [0.15, 0.2) is 0 Å². The van der Waals surface area contributed by atoms with E-state index in [0.29, 0.717) is 23.2 Å². The molecule has 0 radical (unpaired) electrons. The van der Waals surface area contributed by atoms with E-state index in [4.69, 9.17) is 0 Å². The standard InChI is InChI=1S/C33H39FN4O5/c1-20(2)38-28(15-14-26(39)17-27(40)18-29(41)42)30(23-10-12-24(34)13-11-23)31(22-8-6-5-7-9-22)32(38)33(43)35-19-25-16-21(3)37(4)36-25/h5-13,16,20,26-27,39-40H,14-15,17-19H2,1-4H3,(H,35,43)(H,41,42)/p-1/t26-,27-/m1/s1. The van der Waals surface area contributed by atoms with Crippen molar-refractivity contribution in [1.29, 1.82) is 0 Å². The van der Waals surface area contributed by atoms with Gasteiger partial charge < -0.3 is 30.0 Å². The Kier molecular flexibility index (Phi) is 10.2. The van der Waals surface area contributed by atoms with Crippen molar-refractivity contribution in [2.45, 2.75) is 71.2 Å². The maximum absolute atomic E-state index is 14.1. The summed E-state index contributed by atoms with van der Waals surface area (Å²) in [5.74, 6) is -2.10. The number of aryl methyl sites for hydroxylation is 2. The molecule has 228 valence electrons. The average Bonchev–Trinajstić information content (AvgIpc) is 3.47. The van der Waals surface area contributed by atoms with E-state index in [0.717, 1.165) is 28.2 Å². The Morgan fingerprint density at radius 2 is 1.65 bits per heavy atom. The maximum Gasteiger partial charge on any atom is 0.268 e. The minimum Gasteiger partial charge on any atom is -0.550 e. The van der Waals surface area contributed by atoms with Gasteiger partial charge in [0, 0.05) is 48.0 Å². The van der Waals surface area contributed by atoms with Crippen LogP contribution in [0, 0.1) is 12.7 Å². The summed E-state index contributed by atoms with van der Waals surface area (Å²) < 4.78 is 17.7. The van der Waals surface area contributed by atoms with Crippen LogP contribution in [0.3, 0.4) is 0 Å². The number of carboxylic acid groups (broad SMARTS) is 1. The van der Waals surface area contributed by atoms with Gasteiger partial charge in [0.1, 0.15) is 11.5 Å². The first-order valence-electron chi connectivity index (χ1n) is 14.4. The van der Waals surface area contributed by atoms with Crippen molar-refractivity contribution in [2.75, 3.05) is 0 Å². The van der Waals surface area contributed by atoms with Crippen LogP contribution >= 0.6 is 0 Å². The molecule has 0 saturated heterocycles. The van der Waals surface area contributed by atoms with E-state index in [2.05, 4.69) is 10.4 Å². The van der Waals surface area contributed by atoms with Gasteiger partial charge in [-0.05, 0) is 69.4 Å². The molecule has 4 rings (SSSR count). The highest BCUT2D eigenvalue weighted by atomic mass is 19.1. The first kappa shape index (κ1) is 31.7. The maximum atomic E-state index is 14.1. The van der Waals surface area contributed by atoms with Crippen molar-refractivity contribution < 1.29 is 29.3 Å². The van der Waals surface area contributed by atoms with Gasteiger partial charge in [-0.1, -0.05) is 42.5 Å². The summed E-state index contributed by atoms with van der Waals surface area (Å²) in [5.41, 5.74) is 5.78. The average molecular weight is 590 g/mol. The summed E-state index contributed by atoms with van der Waals surface area (Å²) in [7, 11) is 1.84. The Morgan fingerprint density at radius 1 is 1.00 bits per heavy atom. The summed E-state index contributed by atoms with van der Waals surface area (Å²) in [4.78, 5) is 25.0. The number of carboxylic acids is 1. The second-order valence-corrected chi connectivity index (χ2v) is 11.1. The SMILES string of the molecule is Cc1cc(CNC(=O)c2c(-c3ccccc3)c(-c3ccc(F)cc3)c(CC[C@@H](O)C[C@@H](O)CC(=O)[O-])n2C(C)C)nn1C. The fourth-order valence-electron chi connectivity index (χ4n) is 5.48. The normalized spacial score (nSPS) is 12.8. The van der Waals surface area contributed by atoms with Crippen molar-refractivity contribution in [3.8, 4) is 22.3 Å². The van der Waals surface area contributed by atoms with Crippen LogP contribution in [0.15, 0.2) is 60.7 Å². The molecule has 1 amide bonds. The zero-order chi connectivity index (χ0) is 31.3. The molecule has 0 spiro atoms. The summed E-state index contributed by atoms with van der Waals surface area (Å²) in [5, 5.41) is 39.2. The molecule has 0 bridgehead atoms. The molecule has 0 unspecified atom stereocenters. The summed E-state index contributed by atoms with van der Waals surface area (Å²) in [6, 6.07) is 17.3. The minimum atomic E-state index is -1.39. The van der Waals surface area contributed by atoms with Crippen LogP contribution in [0.5, 0.6) is 0 Å². The number of amides is 1. The topological polar surface area (TPSA) is 132 Å². The second kappa shape index (κ2) is 13.8. The van der Waals surface area contributed by atoms with Crippen molar-refractivity contribution in [3.63, 3.8) is 0 Å². The smallest absolute Gasteiger partial charge is 0.268 e. The van der Waals surface area contributed by atoms with Crippen LogP contribution in [0.1, 0.15) is 66.7 Å². The molecule has 43 heavy (non-hydrogen) atoms. The van der Waals surface area contributed by atoms with Crippen LogP contribution < -0.4 is 10.4 Å². The molecule has 0 aliphatic heterocycles. The van der Waals surface area contributed by atoms with E-state index < -0.39 is 30.4 Å². The van der Waals surface area contributed by atoms with E-state index in [9.17, 15) is 29.3 Å². The Bertz CT molecular complexity index is 1540. The van der Waals surface area contributed by atoms with Crippen molar-refractivity contribution in [1.82, 2.24) is 19.7 Å². The van der Waals surface area contributed by atoms with Gasteiger partial charge in [0.05, 0.1) is 24.4 Å². The second-order valence-electron chi connectivity index (χ2n) is 11.1. The van der Waals surface area contributed by atoms with Crippen LogP contribution in [0.25, 0.3) is 22.3 Å². The van der Waals surface area contributed by atoms with E-state index >= 15 is 0 Å². The number of nitrogens with one attached hydrogen (secondary N) is 1. The number of benzene rings is 2. The minimum absolute atomic E-state index is 0.134. The molecule has 0 aliphatic rings. The molecule has 2 atom stereocenters.